The van der Waals surface area contributed by atoms with E-state index < -0.39 is 0 Å². The third-order valence-corrected chi connectivity index (χ3v) is 3.37. The average Bonchev–Trinajstić information content (AvgIpc) is 2.63. The Hall–Kier alpha value is -2.08. The molecule has 1 aromatic rings. The first-order valence-electron chi connectivity index (χ1n) is 7.51. The van der Waals surface area contributed by atoms with E-state index in [9.17, 15) is 9.59 Å². The molecule has 0 aromatic heterocycles. The van der Waals surface area contributed by atoms with Gasteiger partial charge in [-0.25, -0.2) is 0 Å². The molecule has 1 aromatic carbocycles. The van der Waals surface area contributed by atoms with E-state index >= 15 is 0 Å². The molecule has 1 aliphatic rings. The van der Waals surface area contributed by atoms with Gasteiger partial charge in [-0.2, -0.15) is 0 Å². The highest BCUT2D eigenvalue weighted by Crippen LogP contribution is 2.28. The van der Waals surface area contributed by atoms with E-state index in [1.165, 1.54) is 0 Å². The molecule has 1 aliphatic heterocycles. The summed E-state index contributed by atoms with van der Waals surface area (Å²) in [6, 6.07) is 5.46. The van der Waals surface area contributed by atoms with Crippen molar-refractivity contribution in [3.8, 4) is 5.75 Å². The number of amides is 2. The quantitative estimate of drug-likeness (QED) is 0.770. The van der Waals surface area contributed by atoms with Crippen molar-refractivity contribution in [2.45, 2.75) is 19.3 Å². The number of benzene rings is 1. The van der Waals surface area contributed by atoms with Crippen molar-refractivity contribution in [2.24, 2.45) is 0 Å². The van der Waals surface area contributed by atoms with Gasteiger partial charge in [-0.3, -0.25) is 9.59 Å². The van der Waals surface area contributed by atoms with Crippen LogP contribution in [0.3, 0.4) is 0 Å². The van der Waals surface area contributed by atoms with E-state index in [2.05, 4.69) is 15.5 Å². The number of carbonyl (C=O) groups is 2. The molecule has 120 valence electrons. The molecule has 0 spiro atoms. The number of rotatable bonds is 6. The predicted octanol–water partition coefficient (Wildman–Crippen LogP) is 1.02. The zero-order valence-corrected chi connectivity index (χ0v) is 13.1. The summed E-state index contributed by atoms with van der Waals surface area (Å²) in [5.74, 6) is 0.574. The number of fused-ring (bicyclic) bond motifs is 1. The van der Waals surface area contributed by atoms with Gasteiger partial charge in [0.1, 0.15) is 5.75 Å². The van der Waals surface area contributed by atoms with Crippen molar-refractivity contribution in [3.05, 3.63) is 23.8 Å². The molecule has 2 N–H and O–H groups in total. The fraction of sp³-hybridized carbons (Fsp3) is 0.500. The minimum absolute atomic E-state index is 0.0143. The van der Waals surface area contributed by atoms with Crippen LogP contribution in [0.1, 0.15) is 18.4 Å². The third kappa shape index (κ3) is 5.04. The predicted molar refractivity (Wildman–Crippen MR) is 85.1 cm³/mol. The van der Waals surface area contributed by atoms with E-state index in [1.54, 1.807) is 12.1 Å². The van der Waals surface area contributed by atoms with Gasteiger partial charge in [-0.15, -0.1) is 0 Å². The number of carbonyl (C=O) groups excluding carboxylic acids is 2. The summed E-state index contributed by atoms with van der Waals surface area (Å²) in [5.41, 5.74) is 1.50. The highest BCUT2D eigenvalue weighted by Gasteiger charge is 2.14. The Kier molecular flexibility index (Phi) is 5.77. The monoisotopic (exact) mass is 305 g/mol. The lowest BCUT2D eigenvalue weighted by atomic mass is 10.1. The number of hydrogen-bond donors (Lipinski definition) is 2. The molecule has 0 saturated heterocycles. The lowest BCUT2D eigenvalue weighted by Gasteiger charge is -2.11. The van der Waals surface area contributed by atoms with E-state index in [0.717, 1.165) is 18.5 Å². The molecular formula is C16H23N3O3. The van der Waals surface area contributed by atoms with Crippen molar-refractivity contribution in [1.82, 2.24) is 10.2 Å². The summed E-state index contributed by atoms with van der Waals surface area (Å²) in [7, 11) is 4.02. The van der Waals surface area contributed by atoms with Gasteiger partial charge in [0.15, 0.2) is 0 Å². The minimum atomic E-state index is -0.0657. The molecule has 6 heteroatoms. The normalized spacial score (nSPS) is 13.9. The summed E-state index contributed by atoms with van der Waals surface area (Å²) in [6.45, 7) is 1.99. The van der Waals surface area contributed by atoms with Gasteiger partial charge in [0.05, 0.1) is 25.1 Å². The van der Waals surface area contributed by atoms with Crippen LogP contribution in [0.5, 0.6) is 5.75 Å². The maximum absolute atomic E-state index is 11.9. The Morgan fingerprint density at radius 2 is 2.23 bits per heavy atom. The molecule has 0 bridgehead atoms. The maximum atomic E-state index is 11.9. The highest BCUT2D eigenvalue weighted by atomic mass is 16.5. The second kappa shape index (κ2) is 7.79. The lowest BCUT2D eigenvalue weighted by Crippen LogP contribution is -2.28. The van der Waals surface area contributed by atoms with Crippen molar-refractivity contribution in [3.63, 3.8) is 0 Å². The molecular weight excluding hydrogens is 282 g/mol. The van der Waals surface area contributed by atoms with Gasteiger partial charge in [0, 0.05) is 6.54 Å². The average molecular weight is 305 g/mol. The number of hydrogen-bond acceptors (Lipinski definition) is 4. The molecule has 0 fully saturated rings. The van der Waals surface area contributed by atoms with Crippen LogP contribution < -0.4 is 15.4 Å². The molecule has 2 amide bonds. The van der Waals surface area contributed by atoms with E-state index in [1.807, 2.05) is 20.2 Å². The first-order chi connectivity index (χ1) is 10.5. The van der Waals surface area contributed by atoms with Crippen molar-refractivity contribution in [1.29, 1.82) is 0 Å². The van der Waals surface area contributed by atoms with Crippen LogP contribution in [0.25, 0.3) is 0 Å². The van der Waals surface area contributed by atoms with Gasteiger partial charge in [0.25, 0.3) is 0 Å². The minimum Gasteiger partial charge on any atom is -0.491 e. The van der Waals surface area contributed by atoms with E-state index in [4.69, 9.17) is 4.74 Å². The smallest absolute Gasteiger partial charge is 0.227 e. The molecule has 0 unspecified atom stereocenters. The fourth-order valence-corrected chi connectivity index (χ4v) is 2.25. The molecule has 0 saturated carbocycles. The van der Waals surface area contributed by atoms with Crippen LogP contribution in [0, 0.1) is 0 Å². The van der Waals surface area contributed by atoms with Crippen molar-refractivity contribution in [2.75, 3.05) is 39.1 Å². The SMILES string of the molecule is CN(C)CCCNC(=O)Cc1ccc2c(c1)NC(=O)CCO2. The number of nitrogens with one attached hydrogen (secondary N) is 2. The van der Waals surface area contributed by atoms with Gasteiger partial charge in [-0.1, -0.05) is 6.07 Å². The van der Waals surface area contributed by atoms with Crippen LogP contribution in [0.4, 0.5) is 5.69 Å². The second-order valence-electron chi connectivity index (χ2n) is 5.66. The van der Waals surface area contributed by atoms with Crippen LogP contribution in [-0.4, -0.2) is 50.5 Å². The van der Waals surface area contributed by atoms with Crippen LogP contribution in [-0.2, 0) is 16.0 Å². The number of nitrogens with zero attached hydrogens (tertiary/aromatic N) is 1. The summed E-state index contributed by atoms with van der Waals surface area (Å²) in [4.78, 5) is 25.5. The van der Waals surface area contributed by atoms with Crippen LogP contribution >= 0.6 is 0 Å². The summed E-state index contributed by atoms with van der Waals surface area (Å²) in [5, 5.41) is 5.70. The Morgan fingerprint density at radius 1 is 1.41 bits per heavy atom. The molecule has 1 heterocycles. The summed E-state index contributed by atoms with van der Waals surface area (Å²) in [6.07, 6.45) is 1.56. The standard InChI is InChI=1S/C16H23N3O3/c1-19(2)8-3-7-17-16(21)11-12-4-5-14-13(10-12)18-15(20)6-9-22-14/h4-5,10H,3,6-9,11H2,1-2H3,(H,17,21)(H,18,20). The third-order valence-electron chi connectivity index (χ3n) is 3.37. The molecule has 22 heavy (non-hydrogen) atoms. The first kappa shape index (κ1) is 16.3. The Bertz CT molecular complexity index is 543. The molecule has 0 atom stereocenters. The molecule has 2 rings (SSSR count). The Morgan fingerprint density at radius 3 is 3.00 bits per heavy atom. The fourth-order valence-electron chi connectivity index (χ4n) is 2.25. The van der Waals surface area contributed by atoms with Gasteiger partial charge < -0.3 is 20.3 Å². The largest absolute Gasteiger partial charge is 0.491 e. The molecule has 0 aliphatic carbocycles. The maximum Gasteiger partial charge on any atom is 0.227 e. The molecule has 6 nitrogen and oxygen atoms in total. The van der Waals surface area contributed by atoms with Gasteiger partial charge >= 0.3 is 0 Å². The van der Waals surface area contributed by atoms with E-state index in [-0.39, 0.29) is 11.8 Å². The Labute approximate surface area is 130 Å². The number of anilines is 1. The van der Waals surface area contributed by atoms with Crippen molar-refractivity contribution >= 4 is 17.5 Å². The zero-order valence-electron chi connectivity index (χ0n) is 13.1. The lowest BCUT2D eigenvalue weighted by molar-refractivity contribution is -0.120. The Balaban J connectivity index is 1.87. The number of ether oxygens (including phenoxy) is 1. The molecule has 0 radical (unpaired) electrons. The van der Waals surface area contributed by atoms with Crippen LogP contribution in [0.2, 0.25) is 0 Å². The summed E-state index contributed by atoms with van der Waals surface area (Å²) >= 11 is 0. The summed E-state index contributed by atoms with van der Waals surface area (Å²) < 4.78 is 5.49. The first-order valence-corrected chi connectivity index (χ1v) is 7.51. The van der Waals surface area contributed by atoms with Crippen molar-refractivity contribution < 1.29 is 14.3 Å². The van der Waals surface area contributed by atoms with Gasteiger partial charge in [-0.05, 0) is 44.8 Å². The highest BCUT2D eigenvalue weighted by molar-refractivity contribution is 5.93. The van der Waals surface area contributed by atoms with E-state index in [0.29, 0.717) is 37.4 Å². The van der Waals surface area contributed by atoms with Crippen LogP contribution in [0.15, 0.2) is 18.2 Å². The zero-order chi connectivity index (χ0) is 15.9. The topological polar surface area (TPSA) is 70.7 Å². The second-order valence-corrected chi connectivity index (χ2v) is 5.66. The van der Waals surface area contributed by atoms with Gasteiger partial charge in [0.2, 0.25) is 11.8 Å².